The Kier molecular flexibility index (Phi) is 7.19. The third kappa shape index (κ3) is 4.45. The highest BCUT2D eigenvalue weighted by molar-refractivity contribution is 14.1. The van der Waals surface area contributed by atoms with Gasteiger partial charge in [-0.05, 0) is 46.1 Å². The molecule has 152 valence electrons. The van der Waals surface area contributed by atoms with Crippen molar-refractivity contribution in [2.24, 2.45) is 5.92 Å². The van der Waals surface area contributed by atoms with Crippen molar-refractivity contribution in [2.75, 3.05) is 0 Å². The van der Waals surface area contributed by atoms with Gasteiger partial charge in [-0.15, -0.1) is 0 Å². The van der Waals surface area contributed by atoms with E-state index in [1.54, 1.807) is 0 Å². The third-order valence-electron chi connectivity index (χ3n) is 5.83. The Hall–Kier alpha value is -2.17. The quantitative estimate of drug-likeness (QED) is 0.182. The van der Waals surface area contributed by atoms with Crippen LogP contribution >= 0.6 is 22.6 Å². The van der Waals surface area contributed by atoms with Crippen LogP contribution in [0.15, 0.2) is 113 Å². The topological polar surface area (TPSA) is 9.23 Å². The Morgan fingerprint density at radius 3 is 1.70 bits per heavy atom. The van der Waals surface area contributed by atoms with Crippen molar-refractivity contribution in [3.8, 4) is 0 Å². The van der Waals surface area contributed by atoms with E-state index in [9.17, 15) is 0 Å². The maximum Gasteiger partial charge on any atom is 0.144 e. The first-order valence-electron chi connectivity index (χ1n) is 10.6. The van der Waals surface area contributed by atoms with Crippen molar-refractivity contribution in [1.82, 2.24) is 0 Å². The zero-order valence-corrected chi connectivity index (χ0v) is 19.2. The van der Waals surface area contributed by atoms with Crippen molar-refractivity contribution < 1.29 is 4.74 Å². The Balaban J connectivity index is 1.92. The number of halogens is 1. The molecule has 2 unspecified atom stereocenters. The molecule has 30 heavy (non-hydrogen) atoms. The van der Waals surface area contributed by atoms with Crippen molar-refractivity contribution in [3.63, 3.8) is 0 Å². The molecule has 0 amide bonds. The highest BCUT2D eigenvalue weighted by Crippen LogP contribution is 2.43. The molecule has 0 saturated heterocycles. The zero-order chi connectivity index (χ0) is 20.7. The summed E-state index contributed by atoms with van der Waals surface area (Å²) in [6.07, 6.45) is 10.4. The average molecular weight is 506 g/mol. The smallest absolute Gasteiger partial charge is 0.144 e. The Morgan fingerprint density at radius 1 is 0.800 bits per heavy atom. The summed E-state index contributed by atoms with van der Waals surface area (Å²) in [6, 6.07) is 31.9. The van der Waals surface area contributed by atoms with E-state index < -0.39 is 5.60 Å². The average Bonchev–Trinajstić information content (AvgIpc) is 2.84. The van der Waals surface area contributed by atoms with Crippen LogP contribution < -0.4 is 0 Å². The van der Waals surface area contributed by atoms with Gasteiger partial charge in [-0.2, -0.15) is 0 Å². The SMILES string of the molecule is I/C=C/C(OC(c1ccccc1)(c1ccccc1)c1ccccc1)C1C=CCCC1. The molecule has 0 aromatic heterocycles. The van der Waals surface area contributed by atoms with Crippen LogP contribution in [0, 0.1) is 5.92 Å². The molecule has 2 heteroatoms. The van der Waals surface area contributed by atoms with Gasteiger partial charge in [0, 0.05) is 5.92 Å². The van der Waals surface area contributed by atoms with E-state index in [1.165, 1.54) is 12.8 Å². The molecule has 2 atom stereocenters. The van der Waals surface area contributed by atoms with Crippen molar-refractivity contribution in [3.05, 3.63) is 130 Å². The molecule has 1 aliphatic rings. The largest absolute Gasteiger partial charge is 0.353 e. The first-order chi connectivity index (χ1) is 14.8. The third-order valence-corrected chi connectivity index (χ3v) is 6.24. The van der Waals surface area contributed by atoms with Crippen LogP contribution in [0.4, 0.5) is 0 Å². The van der Waals surface area contributed by atoms with Crippen LogP contribution in [0.1, 0.15) is 36.0 Å². The fourth-order valence-electron chi connectivity index (χ4n) is 4.38. The van der Waals surface area contributed by atoms with E-state index >= 15 is 0 Å². The Morgan fingerprint density at radius 2 is 1.30 bits per heavy atom. The lowest BCUT2D eigenvalue weighted by Gasteiger charge is -2.40. The minimum absolute atomic E-state index is 0.0148. The lowest BCUT2D eigenvalue weighted by molar-refractivity contribution is -0.0439. The maximum absolute atomic E-state index is 7.23. The fourth-order valence-corrected chi connectivity index (χ4v) is 4.79. The Labute approximate surface area is 193 Å². The molecule has 0 spiro atoms. The summed E-state index contributed by atoms with van der Waals surface area (Å²) in [6.45, 7) is 0. The van der Waals surface area contributed by atoms with Gasteiger partial charge >= 0.3 is 0 Å². The monoisotopic (exact) mass is 506 g/mol. The van der Waals surface area contributed by atoms with Crippen LogP contribution in [0.25, 0.3) is 0 Å². The van der Waals surface area contributed by atoms with E-state index in [-0.39, 0.29) is 6.10 Å². The predicted molar refractivity (Wildman–Crippen MR) is 134 cm³/mol. The highest BCUT2D eigenvalue weighted by Gasteiger charge is 2.40. The number of ether oxygens (including phenoxy) is 1. The molecule has 0 heterocycles. The minimum Gasteiger partial charge on any atom is -0.353 e. The highest BCUT2D eigenvalue weighted by atomic mass is 127. The number of allylic oxidation sites excluding steroid dienone is 1. The molecule has 0 aliphatic heterocycles. The fraction of sp³-hybridized carbons (Fsp3) is 0.214. The molecule has 3 aromatic carbocycles. The molecule has 0 radical (unpaired) electrons. The summed E-state index contributed by atoms with van der Waals surface area (Å²) in [7, 11) is 0. The number of benzene rings is 3. The molecule has 0 N–H and O–H groups in total. The lowest BCUT2D eigenvalue weighted by atomic mass is 9.79. The summed E-state index contributed by atoms with van der Waals surface area (Å²) < 4.78 is 9.33. The van der Waals surface area contributed by atoms with E-state index in [0.29, 0.717) is 5.92 Å². The van der Waals surface area contributed by atoms with Crippen LogP contribution in [0.5, 0.6) is 0 Å². The van der Waals surface area contributed by atoms with Gasteiger partial charge in [-0.3, -0.25) is 0 Å². The van der Waals surface area contributed by atoms with Crippen molar-refractivity contribution >= 4 is 22.6 Å². The number of rotatable bonds is 7. The van der Waals surface area contributed by atoms with Crippen LogP contribution in [-0.4, -0.2) is 6.10 Å². The number of hydrogen-bond donors (Lipinski definition) is 0. The van der Waals surface area contributed by atoms with Gasteiger partial charge in [-0.1, -0.05) is 126 Å². The normalized spacial score (nSPS) is 17.8. The lowest BCUT2D eigenvalue weighted by Crippen LogP contribution is -2.39. The van der Waals surface area contributed by atoms with Gasteiger partial charge in [0.25, 0.3) is 0 Å². The second kappa shape index (κ2) is 10.2. The van der Waals surface area contributed by atoms with Gasteiger partial charge in [0.05, 0.1) is 6.10 Å². The van der Waals surface area contributed by atoms with Gasteiger partial charge in [-0.25, -0.2) is 0 Å². The van der Waals surface area contributed by atoms with Crippen LogP contribution in [0.2, 0.25) is 0 Å². The van der Waals surface area contributed by atoms with Gasteiger partial charge in [0.2, 0.25) is 0 Å². The minimum atomic E-state index is -0.685. The molecule has 1 aliphatic carbocycles. The first-order valence-corrected chi connectivity index (χ1v) is 11.9. The van der Waals surface area contributed by atoms with E-state index in [4.69, 9.17) is 4.74 Å². The van der Waals surface area contributed by atoms with Crippen molar-refractivity contribution in [2.45, 2.75) is 31.0 Å². The van der Waals surface area contributed by atoms with E-state index in [1.807, 2.05) is 0 Å². The van der Waals surface area contributed by atoms with E-state index in [2.05, 4.69) is 136 Å². The summed E-state index contributed by atoms with van der Waals surface area (Å²) >= 11 is 2.31. The summed E-state index contributed by atoms with van der Waals surface area (Å²) in [5.41, 5.74) is 2.76. The molecular formula is C28H27IO. The second-order valence-corrected chi connectivity index (χ2v) is 8.42. The molecule has 0 saturated carbocycles. The molecule has 3 aromatic rings. The molecule has 4 rings (SSSR count). The summed E-state index contributed by atoms with van der Waals surface area (Å²) in [5, 5.41) is 0. The zero-order valence-electron chi connectivity index (χ0n) is 17.0. The van der Waals surface area contributed by atoms with Crippen LogP contribution in [-0.2, 0) is 10.3 Å². The number of hydrogen-bond acceptors (Lipinski definition) is 1. The van der Waals surface area contributed by atoms with Gasteiger partial charge < -0.3 is 4.74 Å². The molecule has 1 nitrogen and oxygen atoms in total. The standard InChI is InChI=1S/C28H27IO/c29-22-21-27(23-13-5-1-6-14-23)30-28(24-15-7-2-8-16-24,25-17-9-3-10-18-25)26-19-11-4-12-20-26/h2-5,7-13,15-23,27H,1,6,14H2/b22-21+. The molecule has 0 fully saturated rings. The first kappa shape index (κ1) is 21.1. The molecule has 0 bridgehead atoms. The predicted octanol–water partition coefficient (Wildman–Crippen LogP) is 7.67. The van der Waals surface area contributed by atoms with E-state index in [0.717, 1.165) is 23.1 Å². The van der Waals surface area contributed by atoms with Gasteiger partial charge in [0.1, 0.15) is 5.60 Å². The Bertz CT molecular complexity index is 867. The summed E-state index contributed by atoms with van der Waals surface area (Å²) in [5.74, 6) is 0.375. The van der Waals surface area contributed by atoms with Crippen LogP contribution in [0.3, 0.4) is 0 Å². The molecular weight excluding hydrogens is 479 g/mol. The summed E-state index contributed by atoms with van der Waals surface area (Å²) in [4.78, 5) is 0. The van der Waals surface area contributed by atoms with Crippen molar-refractivity contribution in [1.29, 1.82) is 0 Å². The maximum atomic E-state index is 7.23. The second-order valence-electron chi connectivity index (χ2n) is 7.70. The van der Waals surface area contributed by atoms with Gasteiger partial charge in [0.15, 0.2) is 0 Å².